The fraction of sp³-hybridized carbons (Fsp3) is 0.400. The summed E-state index contributed by atoms with van der Waals surface area (Å²) in [6.45, 7) is 6.82. The molecule has 0 radical (unpaired) electrons. The third-order valence-electron chi connectivity index (χ3n) is 3.72. The molecule has 116 valence electrons. The highest BCUT2D eigenvalue weighted by Gasteiger charge is 2.13. The second-order valence-corrected chi connectivity index (χ2v) is 5.38. The first-order valence-corrected chi connectivity index (χ1v) is 7.35. The van der Waals surface area contributed by atoms with E-state index in [1.807, 2.05) is 24.3 Å². The number of nitrogens with zero attached hydrogens (tertiary/aromatic N) is 3. The van der Waals surface area contributed by atoms with E-state index >= 15 is 0 Å². The van der Waals surface area contributed by atoms with Crippen molar-refractivity contribution in [2.75, 3.05) is 31.5 Å². The fourth-order valence-electron chi connectivity index (χ4n) is 2.41. The van der Waals surface area contributed by atoms with Crippen LogP contribution in [0.15, 0.2) is 28.9 Å². The van der Waals surface area contributed by atoms with E-state index in [1.165, 1.54) is 5.56 Å². The van der Waals surface area contributed by atoms with Gasteiger partial charge >= 0.3 is 0 Å². The van der Waals surface area contributed by atoms with Gasteiger partial charge in [0.25, 0.3) is 5.91 Å². The zero-order chi connectivity index (χ0) is 15.4. The van der Waals surface area contributed by atoms with E-state index < -0.39 is 0 Å². The van der Waals surface area contributed by atoms with E-state index in [9.17, 15) is 4.79 Å². The minimum absolute atomic E-state index is 0.215. The van der Waals surface area contributed by atoms with Crippen molar-refractivity contribution in [3.8, 4) is 0 Å². The highest BCUT2D eigenvalue weighted by Crippen LogP contribution is 2.12. The molecule has 22 heavy (non-hydrogen) atoms. The Balaban J connectivity index is 1.60. The molecular formula is C15H19N5O2. The molecule has 1 saturated heterocycles. The average Bonchev–Trinajstić information content (AvgIpc) is 2.94. The third kappa shape index (κ3) is 3.49. The molecule has 1 aliphatic heterocycles. The van der Waals surface area contributed by atoms with Gasteiger partial charge in [-0.25, -0.2) is 4.63 Å². The molecule has 1 aromatic heterocycles. The SMILES string of the molecule is Cc1nonc1NC(=O)c1ccc(CN2CCNCC2)cc1. The number of aryl methyl sites for hydroxylation is 1. The molecule has 2 aromatic rings. The maximum absolute atomic E-state index is 12.1. The third-order valence-corrected chi connectivity index (χ3v) is 3.72. The second kappa shape index (κ2) is 6.67. The summed E-state index contributed by atoms with van der Waals surface area (Å²) in [4.78, 5) is 14.5. The van der Waals surface area contributed by atoms with Crippen LogP contribution in [-0.2, 0) is 6.54 Å². The van der Waals surface area contributed by atoms with E-state index in [0.29, 0.717) is 17.1 Å². The Hall–Kier alpha value is -2.25. The number of hydrogen-bond acceptors (Lipinski definition) is 6. The number of carbonyl (C=O) groups is 1. The van der Waals surface area contributed by atoms with Crippen molar-refractivity contribution in [3.63, 3.8) is 0 Å². The Morgan fingerprint density at radius 1 is 1.27 bits per heavy atom. The molecule has 1 fully saturated rings. The quantitative estimate of drug-likeness (QED) is 0.878. The maximum Gasteiger partial charge on any atom is 0.256 e. The molecule has 0 saturated carbocycles. The van der Waals surface area contributed by atoms with Crippen LogP contribution in [0.1, 0.15) is 21.6 Å². The minimum Gasteiger partial charge on any atom is -0.314 e. The number of carbonyl (C=O) groups excluding carboxylic acids is 1. The van der Waals surface area contributed by atoms with Gasteiger partial charge in [-0.15, -0.1) is 0 Å². The number of hydrogen-bond donors (Lipinski definition) is 2. The molecule has 0 atom stereocenters. The molecule has 3 rings (SSSR count). The Morgan fingerprint density at radius 3 is 2.64 bits per heavy atom. The number of nitrogens with one attached hydrogen (secondary N) is 2. The molecule has 7 heteroatoms. The first-order chi connectivity index (χ1) is 10.7. The normalized spacial score (nSPS) is 15.7. The minimum atomic E-state index is -0.215. The standard InChI is InChI=1S/C15H19N5O2/c1-11-14(19-22-18-11)17-15(21)13-4-2-12(3-5-13)10-20-8-6-16-7-9-20/h2-5,16H,6-10H2,1H3,(H,17,19,21). The van der Waals surface area contributed by atoms with E-state index in [0.717, 1.165) is 32.7 Å². The molecule has 2 N–H and O–H groups in total. The highest BCUT2D eigenvalue weighted by atomic mass is 16.6. The van der Waals surface area contributed by atoms with Gasteiger partial charge in [0.05, 0.1) is 0 Å². The van der Waals surface area contributed by atoms with Gasteiger partial charge in [0.1, 0.15) is 5.69 Å². The average molecular weight is 301 g/mol. The first kappa shape index (κ1) is 14.7. The predicted molar refractivity (Wildman–Crippen MR) is 81.6 cm³/mol. The summed E-state index contributed by atoms with van der Waals surface area (Å²) in [6, 6.07) is 7.64. The molecule has 1 amide bonds. The van der Waals surface area contributed by atoms with Crippen molar-refractivity contribution in [1.82, 2.24) is 20.5 Å². The lowest BCUT2D eigenvalue weighted by Gasteiger charge is -2.27. The zero-order valence-electron chi connectivity index (χ0n) is 12.5. The fourth-order valence-corrected chi connectivity index (χ4v) is 2.41. The number of rotatable bonds is 4. The summed E-state index contributed by atoms with van der Waals surface area (Å²) in [6.07, 6.45) is 0. The molecule has 1 aromatic carbocycles. The van der Waals surface area contributed by atoms with Crippen molar-refractivity contribution >= 4 is 11.7 Å². The smallest absolute Gasteiger partial charge is 0.256 e. The van der Waals surface area contributed by atoms with Crippen LogP contribution >= 0.6 is 0 Å². The van der Waals surface area contributed by atoms with Crippen LogP contribution in [-0.4, -0.2) is 47.3 Å². The lowest BCUT2D eigenvalue weighted by atomic mass is 10.1. The Kier molecular flexibility index (Phi) is 4.45. The number of piperazine rings is 1. The van der Waals surface area contributed by atoms with Crippen LogP contribution in [0.25, 0.3) is 0 Å². The molecule has 0 bridgehead atoms. The van der Waals surface area contributed by atoms with Gasteiger partial charge < -0.3 is 10.6 Å². The van der Waals surface area contributed by atoms with Crippen LogP contribution in [0, 0.1) is 6.92 Å². The molecule has 1 aliphatic rings. The number of anilines is 1. The van der Waals surface area contributed by atoms with Crippen molar-refractivity contribution in [2.45, 2.75) is 13.5 Å². The summed E-state index contributed by atoms with van der Waals surface area (Å²) in [5.74, 6) is 0.141. The van der Waals surface area contributed by atoms with Crippen molar-refractivity contribution in [2.24, 2.45) is 0 Å². The van der Waals surface area contributed by atoms with Crippen molar-refractivity contribution in [3.05, 3.63) is 41.1 Å². The lowest BCUT2D eigenvalue weighted by molar-refractivity contribution is 0.102. The topological polar surface area (TPSA) is 83.3 Å². The molecule has 0 unspecified atom stereocenters. The Labute approximate surface area is 128 Å². The monoisotopic (exact) mass is 301 g/mol. The van der Waals surface area contributed by atoms with Gasteiger partial charge in [0.15, 0.2) is 0 Å². The van der Waals surface area contributed by atoms with Crippen LogP contribution in [0.4, 0.5) is 5.82 Å². The summed E-state index contributed by atoms with van der Waals surface area (Å²) in [5.41, 5.74) is 2.35. The molecule has 7 nitrogen and oxygen atoms in total. The van der Waals surface area contributed by atoms with Crippen molar-refractivity contribution in [1.29, 1.82) is 0 Å². The Bertz CT molecular complexity index is 632. The summed E-state index contributed by atoms with van der Waals surface area (Å²) in [7, 11) is 0. The molecular weight excluding hydrogens is 282 g/mol. The van der Waals surface area contributed by atoms with Gasteiger partial charge in [-0.3, -0.25) is 9.69 Å². The van der Waals surface area contributed by atoms with Gasteiger partial charge in [0, 0.05) is 38.3 Å². The van der Waals surface area contributed by atoms with Gasteiger partial charge in [-0.05, 0) is 29.8 Å². The first-order valence-electron chi connectivity index (χ1n) is 7.35. The highest BCUT2D eigenvalue weighted by molar-refractivity contribution is 6.03. The van der Waals surface area contributed by atoms with E-state index in [2.05, 4.69) is 30.5 Å². The lowest BCUT2D eigenvalue weighted by Crippen LogP contribution is -2.42. The van der Waals surface area contributed by atoms with Crippen LogP contribution < -0.4 is 10.6 Å². The molecule has 2 heterocycles. The van der Waals surface area contributed by atoms with Gasteiger partial charge in [0.2, 0.25) is 5.82 Å². The van der Waals surface area contributed by atoms with Gasteiger partial charge in [-0.1, -0.05) is 17.3 Å². The molecule has 0 aliphatic carbocycles. The number of benzene rings is 1. The van der Waals surface area contributed by atoms with E-state index in [4.69, 9.17) is 0 Å². The number of amides is 1. The Morgan fingerprint density at radius 2 is 2.00 bits per heavy atom. The zero-order valence-corrected chi connectivity index (χ0v) is 12.5. The largest absolute Gasteiger partial charge is 0.314 e. The van der Waals surface area contributed by atoms with Crippen LogP contribution in [0.2, 0.25) is 0 Å². The maximum atomic E-state index is 12.1. The number of aromatic nitrogens is 2. The van der Waals surface area contributed by atoms with E-state index in [-0.39, 0.29) is 5.91 Å². The van der Waals surface area contributed by atoms with Crippen LogP contribution in [0.3, 0.4) is 0 Å². The van der Waals surface area contributed by atoms with Crippen molar-refractivity contribution < 1.29 is 9.42 Å². The summed E-state index contributed by atoms with van der Waals surface area (Å²) >= 11 is 0. The summed E-state index contributed by atoms with van der Waals surface area (Å²) < 4.78 is 4.56. The second-order valence-electron chi connectivity index (χ2n) is 5.38. The summed E-state index contributed by atoms with van der Waals surface area (Å²) in [5, 5.41) is 13.3. The molecule has 0 spiro atoms. The van der Waals surface area contributed by atoms with E-state index in [1.54, 1.807) is 6.92 Å². The van der Waals surface area contributed by atoms with Gasteiger partial charge in [-0.2, -0.15) is 0 Å². The van der Waals surface area contributed by atoms with Crippen LogP contribution in [0.5, 0.6) is 0 Å². The predicted octanol–water partition coefficient (Wildman–Crippen LogP) is 1.04.